The van der Waals surface area contributed by atoms with Crippen molar-refractivity contribution in [2.75, 3.05) is 50.5 Å². The van der Waals surface area contributed by atoms with Crippen LogP contribution in [0.4, 0.5) is 11.4 Å². The van der Waals surface area contributed by atoms with E-state index in [2.05, 4.69) is 61.3 Å². The third-order valence-corrected chi connectivity index (χ3v) is 3.80. The highest BCUT2D eigenvalue weighted by Crippen LogP contribution is 2.27. The van der Waals surface area contributed by atoms with E-state index in [4.69, 9.17) is 0 Å². The number of aryl methyl sites for hydroxylation is 1. The van der Waals surface area contributed by atoms with Gasteiger partial charge in [0.1, 0.15) is 0 Å². The maximum atomic E-state index is 3.54. The quantitative estimate of drug-likeness (QED) is 0.861. The molecule has 0 radical (unpaired) electrons. The van der Waals surface area contributed by atoms with Crippen LogP contribution in [0.3, 0.4) is 0 Å². The Hall–Kier alpha value is -1.22. The first-order valence-corrected chi connectivity index (χ1v) is 7.82. The van der Waals surface area contributed by atoms with Crippen LogP contribution in [0.25, 0.3) is 0 Å². The van der Waals surface area contributed by atoms with Gasteiger partial charge in [-0.3, -0.25) is 0 Å². The zero-order chi connectivity index (χ0) is 14.5. The van der Waals surface area contributed by atoms with Crippen molar-refractivity contribution in [1.29, 1.82) is 0 Å². The van der Waals surface area contributed by atoms with Gasteiger partial charge in [-0.2, -0.15) is 0 Å². The summed E-state index contributed by atoms with van der Waals surface area (Å²) in [6.07, 6.45) is 2.47. The fraction of sp³-hybridized carbons (Fsp3) is 0.647. The molecule has 0 bridgehead atoms. The molecule has 1 heterocycles. The van der Waals surface area contributed by atoms with Crippen molar-refractivity contribution < 1.29 is 0 Å². The Bertz CT molecular complexity index is 426. The molecule has 3 heteroatoms. The number of likely N-dealkylation sites (N-methyl/N-ethyl adjacent to an activating group) is 1. The van der Waals surface area contributed by atoms with Crippen molar-refractivity contribution in [2.24, 2.45) is 5.92 Å². The van der Waals surface area contributed by atoms with Crippen LogP contribution in [-0.2, 0) is 6.42 Å². The van der Waals surface area contributed by atoms with Crippen LogP contribution in [-0.4, -0.2) is 45.2 Å². The van der Waals surface area contributed by atoms with Gasteiger partial charge >= 0.3 is 0 Å². The van der Waals surface area contributed by atoms with Crippen LogP contribution in [0.1, 0.15) is 25.8 Å². The summed E-state index contributed by atoms with van der Waals surface area (Å²) in [7, 11) is 4.28. The van der Waals surface area contributed by atoms with E-state index < -0.39 is 0 Å². The molecule has 1 aliphatic rings. The van der Waals surface area contributed by atoms with Crippen molar-refractivity contribution in [2.45, 2.75) is 26.7 Å². The molecule has 0 unspecified atom stereocenters. The number of rotatable bonds is 6. The highest BCUT2D eigenvalue weighted by Gasteiger charge is 2.13. The summed E-state index contributed by atoms with van der Waals surface area (Å²) in [6, 6.07) is 6.94. The number of benzene rings is 1. The van der Waals surface area contributed by atoms with Crippen LogP contribution in [0.5, 0.6) is 0 Å². The lowest BCUT2D eigenvalue weighted by Crippen LogP contribution is -2.34. The van der Waals surface area contributed by atoms with Gasteiger partial charge in [-0.05, 0) is 50.6 Å². The first-order chi connectivity index (χ1) is 9.56. The summed E-state index contributed by atoms with van der Waals surface area (Å²) < 4.78 is 0. The van der Waals surface area contributed by atoms with Crippen molar-refractivity contribution >= 4 is 11.4 Å². The third kappa shape index (κ3) is 4.14. The first kappa shape index (κ1) is 15.2. The second kappa shape index (κ2) is 6.98. The molecular formula is C17H29N3. The summed E-state index contributed by atoms with van der Waals surface area (Å²) in [6.45, 7) is 8.99. The van der Waals surface area contributed by atoms with Crippen molar-refractivity contribution in [3.8, 4) is 0 Å². The van der Waals surface area contributed by atoms with Crippen LogP contribution in [0.2, 0.25) is 0 Å². The van der Waals surface area contributed by atoms with Crippen molar-refractivity contribution in [3.63, 3.8) is 0 Å². The minimum Gasteiger partial charge on any atom is -0.385 e. The van der Waals surface area contributed by atoms with Gasteiger partial charge in [-0.25, -0.2) is 0 Å². The monoisotopic (exact) mass is 275 g/mol. The van der Waals surface area contributed by atoms with Crippen molar-refractivity contribution in [3.05, 3.63) is 23.8 Å². The van der Waals surface area contributed by atoms with Gasteiger partial charge in [0.2, 0.25) is 0 Å². The van der Waals surface area contributed by atoms with Gasteiger partial charge in [0, 0.05) is 37.6 Å². The topological polar surface area (TPSA) is 18.5 Å². The molecule has 0 aliphatic carbocycles. The number of fused-ring (bicyclic) bond motifs is 1. The van der Waals surface area contributed by atoms with Crippen LogP contribution >= 0.6 is 0 Å². The molecule has 112 valence electrons. The molecule has 1 N–H and O–H groups in total. The zero-order valence-electron chi connectivity index (χ0n) is 13.4. The maximum Gasteiger partial charge on any atom is 0.0393 e. The molecule has 0 fully saturated rings. The van der Waals surface area contributed by atoms with Crippen LogP contribution < -0.4 is 10.2 Å². The summed E-state index contributed by atoms with van der Waals surface area (Å²) in [5.74, 6) is 0.682. The number of nitrogens with one attached hydrogen (secondary N) is 1. The second-order valence-corrected chi connectivity index (χ2v) is 6.51. The molecular weight excluding hydrogens is 246 g/mol. The van der Waals surface area contributed by atoms with Gasteiger partial charge in [0.05, 0.1) is 0 Å². The largest absolute Gasteiger partial charge is 0.385 e. The minimum atomic E-state index is 0.682. The zero-order valence-corrected chi connectivity index (χ0v) is 13.4. The van der Waals surface area contributed by atoms with Crippen molar-refractivity contribution in [1.82, 2.24) is 4.90 Å². The number of nitrogens with zero attached hydrogens (tertiary/aromatic N) is 2. The highest BCUT2D eigenvalue weighted by atomic mass is 15.2. The van der Waals surface area contributed by atoms with E-state index in [0.717, 1.165) is 26.2 Å². The summed E-state index contributed by atoms with van der Waals surface area (Å²) in [5.41, 5.74) is 4.16. The predicted octanol–water partition coefficient (Wildman–Crippen LogP) is 3.07. The lowest BCUT2D eigenvalue weighted by Gasteiger charge is -2.29. The minimum absolute atomic E-state index is 0.682. The normalized spacial score (nSPS) is 14.3. The molecule has 0 amide bonds. The van der Waals surface area contributed by atoms with E-state index in [9.17, 15) is 0 Å². The van der Waals surface area contributed by atoms with E-state index in [1.165, 1.54) is 29.8 Å². The molecule has 1 aliphatic heterocycles. The van der Waals surface area contributed by atoms with E-state index in [1.54, 1.807) is 0 Å². The molecule has 0 atom stereocenters. The Kier molecular flexibility index (Phi) is 5.30. The third-order valence-electron chi connectivity index (χ3n) is 3.80. The fourth-order valence-corrected chi connectivity index (χ4v) is 2.73. The van der Waals surface area contributed by atoms with Gasteiger partial charge in [0.25, 0.3) is 0 Å². The standard InChI is InChI=1S/C17H29N3/c1-14(2)13-20(11-10-19(3)4)16-8-7-15-6-5-9-18-17(15)12-16/h7-8,12,14,18H,5-6,9-11,13H2,1-4H3. The summed E-state index contributed by atoms with van der Waals surface area (Å²) in [5, 5.41) is 3.54. The maximum absolute atomic E-state index is 3.54. The number of hydrogen-bond donors (Lipinski definition) is 1. The molecule has 3 nitrogen and oxygen atoms in total. The van der Waals surface area contributed by atoms with Gasteiger partial charge in [0.15, 0.2) is 0 Å². The Morgan fingerprint density at radius 3 is 2.70 bits per heavy atom. The number of hydrogen-bond acceptors (Lipinski definition) is 3. The second-order valence-electron chi connectivity index (χ2n) is 6.51. The predicted molar refractivity (Wildman–Crippen MR) is 88.9 cm³/mol. The molecule has 0 aromatic heterocycles. The number of anilines is 2. The average Bonchev–Trinajstić information content (AvgIpc) is 2.42. The Morgan fingerprint density at radius 2 is 2.00 bits per heavy atom. The van der Waals surface area contributed by atoms with E-state index >= 15 is 0 Å². The molecule has 0 saturated carbocycles. The summed E-state index contributed by atoms with van der Waals surface area (Å²) >= 11 is 0. The smallest absolute Gasteiger partial charge is 0.0393 e. The fourth-order valence-electron chi connectivity index (χ4n) is 2.73. The van der Waals surface area contributed by atoms with E-state index in [-0.39, 0.29) is 0 Å². The van der Waals surface area contributed by atoms with Gasteiger partial charge < -0.3 is 15.1 Å². The molecule has 0 saturated heterocycles. The van der Waals surface area contributed by atoms with Gasteiger partial charge in [-0.1, -0.05) is 19.9 Å². The summed E-state index contributed by atoms with van der Waals surface area (Å²) in [4.78, 5) is 4.77. The van der Waals surface area contributed by atoms with Crippen LogP contribution in [0, 0.1) is 5.92 Å². The highest BCUT2D eigenvalue weighted by molar-refractivity contribution is 5.63. The Labute approximate surface area is 124 Å². The first-order valence-electron chi connectivity index (χ1n) is 7.82. The average molecular weight is 275 g/mol. The molecule has 2 rings (SSSR count). The molecule has 1 aromatic carbocycles. The van der Waals surface area contributed by atoms with E-state index in [0.29, 0.717) is 5.92 Å². The van der Waals surface area contributed by atoms with E-state index in [1.807, 2.05) is 0 Å². The lowest BCUT2D eigenvalue weighted by atomic mass is 10.0. The lowest BCUT2D eigenvalue weighted by molar-refractivity contribution is 0.409. The molecule has 0 spiro atoms. The van der Waals surface area contributed by atoms with Gasteiger partial charge in [-0.15, -0.1) is 0 Å². The molecule has 1 aromatic rings. The Balaban J connectivity index is 2.14. The van der Waals surface area contributed by atoms with Crippen LogP contribution in [0.15, 0.2) is 18.2 Å². The Morgan fingerprint density at radius 1 is 1.20 bits per heavy atom. The molecule has 20 heavy (non-hydrogen) atoms. The SMILES string of the molecule is CC(C)CN(CCN(C)C)c1ccc2c(c1)NCCC2.